The van der Waals surface area contributed by atoms with Gasteiger partial charge in [-0.3, -0.25) is 19.3 Å². The summed E-state index contributed by atoms with van der Waals surface area (Å²) in [6.07, 6.45) is 4.76. The summed E-state index contributed by atoms with van der Waals surface area (Å²) in [7, 11) is 0. The molecule has 0 saturated carbocycles. The highest BCUT2D eigenvalue weighted by molar-refractivity contribution is 6.08. The smallest absolute Gasteiger partial charge is 0.267 e. The molecule has 2 amide bonds. The lowest BCUT2D eigenvalue weighted by Crippen LogP contribution is -2.40. The predicted octanol–water partition coefficient (Wildman–Crippen LogP) is 1.72. The second-order valence-electron chi connectivity index (χ2n) is 4.46. The van der Waals surface area contributed by atoms with Crippen LogP contribution in [0.1, 0.15) is 16.8 Å². The molecule has 0 unspecified atom stereocenters. The second kappa shape index (κ2) is 4.77. The molecule has 1 aliphatic heterocycles. The number of carbonyl (C=O) groups is 2. The van der Waals surface area contributed by atoms with Crippen LogP contribution in [-0.4, -0.2) is 23.3 Å². The Bertz CT molecular complexity index is 788. The van der Waals surface area contributed by atoms with Crippen LogP contribution in [0, 0.1) is 0 Å². The first kappa shape index (κ1) is 12.3. The molecular weight excluding hydrogens is 258 g/mol. The molecule has 3 rings (SSSR count). The molecule has 2 heterocycles. The predicted molar refractivity (Wildman–Crippen MR) is 72.3 cm³/mol. The first-order chi connectivity index (χ1) is 9.68. The Morgan fingerprint density at radius 1 is 1.20 bits per heavy atom. The van der Waals surface area contributed by atoms with Gasteiger partial charge in [-0.1, -0.05) is 18.2 Å². The van der Waals surface area contributed by atoms with Crippen molar-refractivity contribution in [3.63, 3.8) is 0 Å². The Kier molecular flexibility index (Phi) is 2.95. The number of rotatable bonds is 1. The highest BCUT2D eigenvalue weighted by Crippen LogP contribution is 2.13. The quantitative estimate of drug-likeness (QED) is 0.739. The normalized spacial score (nSPS) is 14.8. The molecule has 100 valence electrons. The van der Waals surface area contributed by atoms with E-state index in [0.29, 0.717) is 17.4 Å². The molecule has 0 bridgehead atoms. The summed E-state index contributed by atoms with van der Waals surface area (Å²) in [4.78, 5) is 37.3. The van der Waals surface area contributed by atoms with Crippen molar-refractivity contribution < 1.29 is 14.0 Å². The minimum Gasteiger partial charge on any atom is -0.463 e. The summed E-state index contributed by atoms with van der Waals surface area (Å²) >= 11 is 0. The molecule has 0 saturated heterocycles. The number of para-hydroxylation sites is 1. The molecule has 0 aliphatic carbocycles. The Labute approximate surface area is 114 Å². The number of fused-ring (bicyclic) bond motifs is 1. The lowest BCUT2D eigenvalue weighted by molar-refractivity contribution is -0.124. The first-order valence-corrected chi connectivity index (χ1v) is 6.21. The van der Waals surface area contributed by atoms with E-state index in [4.69, 9.17) is 4.42 Å². The molecule has 5 nitrogen and oxygen atoms in total. The van der Waals surface area contributed by atoms with E-state index in [1.807, 2.05) is 0 Å². The molecular formula is C15H11NO4. The van der Waals surface area contributed by atoms with Crippen LogP contribution >= 0.6 is 0 Å². The van der Waals surface area contributed by atoms with Crippen molar-refractivity contribution in [3.8, 4) is 0 Å². The highest BCUT2D eigenvalue weighted by Gasteiger charge is 2.25. The molecule has 0 fully saturated rings. The van der Waals surface area contributed by atoms with Crippen LogP contribution in [0.3, 0.4) is 0 Å². The third-order valence-corrected chi connectivity index (χ3v) is 3.20. The molecule has 0 spiro atoms. The van der Waals surface area contributed by atoms with Gasteiger partial charge in [-0.2, -0.15) is 0 Å². The standard InChI is InChI=1S/C15H11NO4/c17-13-7-3-4-8-16(13)15(19)11-9-20-12-6-2-1-5-10(12)14(11)18/h1-3,5-7,9H,4,8H2. The monoisotopic (exact) mass is 269 g/mol. The largest absolute Gasteiger partial charge is 0.463 e. The van der Waals surface area contributed by atoms with E-state index in [9.17, 15) is 14.4 Å². The molecule has 2 aromatic rings. The zero-order valence-electron chi connectivity index (χ0n) is 10.5. The van der Waals surface area contributed by atoms with Crippen LogP contribution in [-0.2, 0) is 4.79 Å². The van der Waals surface area contributed by atoms with Gasteiger partial charge in [-0.15, -0.1) is 0 Å². The Hall–Kier alpha value is -2.69. The molecule has 0 N–H and O–H groups in total. The number of carbonyl (C=O) groups excluding carboxylic acids is 2. The fourth-order valence-electron chi connectivity index (χ4n) is 2.16. The Morgan fingerprint density at radius 2 is 2.00 bits per heavy atom. The third kappa shape index (κ3) is 1.93. The van der Waals surface area contributed by atoms with Gasteiger partial charge >= 0.3 is 0 Å². The molecule has 1 aliphatic rings. The van der Waals surface area contributed by atoms with Crippen LogP contribution < -0.4 is 5.43 Å². The topological polar surface area (TPSA) is 67.6 Å². The summed E-state index contributed by atoms with van der Waals surface area (Å²) in [5, 5.41) is 0.332. The van der Waals surface area contributed by atoms with Crippen LogP contribution in [0.25, 0.3) is 11.0 Å². The van der Waals surface area contributed by atoms with Gasteiger partial charge in [-0.25, -0.2) is 0 Å². The van der Waals surface area contributed by atoms with Gasteiger partial charge in [0.2, 0.25) is 5.43 Å². The van der Waals surface area contributed by atoms with Crippen molar-refractivity contribution in [2.75, 3.05) is 6.54 Å². The maximum Gasteiger partial charge on any atom is 0.267 e. The summed E-state index contributed by atoms with van der Waals surface area (Å²) in [6, 6.07) is 6.68. The summed E-state index contributed by atoms with van der Waals surface area (Å²) < 4.78 is 5.29. The maximum atomic E-state index is 12.3. The fourth-order valence-corrected chi connectivity index (χ4v) is 2.16. The van der Waals surface area contributed by atoms with Crippen molar-refractivity contribution in [2.45, 2.75) is 6.42 Å². The van der Waals surface area contributed by atoms with Crippen molar-refractivity contribution in [2.24, 2.45) is 0 Å². The van der Waals surface area contributed by atoms with Crippen molar-refractivity contribution >= 4 is 22.8 Å². The lowest BCUT2D eigenvalue weighted by atomic mass is 10.1. The second-order valence-corrected chi connectivity index (χ2v) is 4.46. The number of imide groups is 1. The zero-order chi connectivity index (χ0) is 14.1. The average molecular weight is 269 g/mol. The van der Waals surface area contributed by atoms with Crippen molar-refractivity contribution in [3.05, 3.63) is 58.5 Å². The van der Waals surface area contributed by atoms with E-state index in [1.165, 1.54) is 6.08 Å². The van der Waals surface area contributed by atoms with Gasteiger partial charge in [0.25, 0.3) is 11.8 Å². The van der Waals surface area contributed by atoms with Crippen LogP contribution in [0.15, 0.2) is 51.9 Å². The highest BCUT2D eigenvalue weighted by atomic mass is 16.3. The Balaban J connectivity index is 2.08. The average Bonchev–Trinajstić information content (AvgIpc) is 2.48. The first-order valence-electron chi connectivity index (χ1n) is 6.21. The van der Waals surface area contributed by atoms with Gasteiger partial charge in [0.1, 0.15) is 17.4 Å². The van der Waals surface area contributed by atoms with E-state index >= 15 is 0 Å². The van der Waals surface area contributed by atoms with Gasteiger partial charge in [0.15, 0.2) is 0 Å². The number of benzene rings is 1. The molecule has 20 heavy (non-hydrogen) atoms. The van der Waals surface area contributed by atoms with Crippen molar-refractivity contribution in [1.82, 2.24) is 4.90 Å². The van der Waals surface area contributed by atoms with E-state index < -0.39 is 17.2 Å². The van der Waals surface area contributed by atoms with E-state index in [1.54, 1.807) is 30.3 Å². The number of amides is 2. The molecule has 0 atom stereocenters. The van der Waals surface area contributed by atoms with Crippen LogP contribution in [0.4, 0.5) is 0 Å². The number of hydrogen-bond acceptors (Lipinski definition) is 4. The molecule has 1 aromatic heterocycles. The SMILES string of the molecule is O=C1C=CCCN1C(=O)c1coc2ccccc2c1=O. The molecule has 1 aromatic carbocycles. The lowest BCUT2D eigenvalue weighted by Gasteiger charge is -2.20. The minimum atomic E-state index is -0.612. The van der Waals surface area contributed by atoms with E-state index in [2.05, 4.69) is 0 Å². The minimum absolute atomic E-state index is 0.118. The number of nitrogens with zero attached hydrogens (tertiary/aromatic N) is 1. The van der Waals surface area contributed by atoms with Crippen molar-refractivity contribution in [1.29, 1.82) is 0 Å². The van der Waals surface area contributed by atoms with Gasteiger partial charge in [0.05, 0.1) is 5.39 Å². The zero-order valence-corrected chi connectivity index (χ0v) is 10.5. The third-order valence-electron chi connectivity index (χ3n) is 3.20. The molecule has 5 heteroatoms. The van der Waals surface area contributed by atoms with E-state index in [0.717, 1.165) is 11.2 Å². The van der Waals surface area contributed by atoms with Gasteiger partial charge in [-0.05, 0) is 24.6 Å². The van der Waals surface area contributed by atoms with Gasteiger partial charge in [0, 0.05) is 6.54 Å². The number of hydrogen-bond donors (Lipinski definition) is 0. The summed E-state index contributed by atoms with van der Waals surface area (Å²) in [5.74, 6) is -1.02. The van der Waals surface area contributed by atoms with Gasteiger partial charge < -0.3 is 4.42 Å². The van der Waals surface area contributed by atoms with E-state index in [-0.39, 0.29) is 12.1 Å². The van der Waals surface area contributed by atoms with Crippen LogP contribution in [0.2, 0.25) is 0 Å². The Morgan fingerprint density at radius 3 is 2.80 bits per heavy atom. The summed E-state index contributed by atoms with van der Waals surface area (Å²) in [6.45, 7) is 0.278. The molecule has 0 radical (unpaired) electrons. The maximum absolute atomic E-state index is 12.3. The fraction of sp³-hybridized carbons (Fsp3) is 0.133. The summed E-state index contributed by atoms with van der Waals surface area (Å²) in [5.41, 5.74) is -0.120. The van der Waals surface area contributed by atoms with Crippen LogP contribution in [0.5, 0.6) is 0 Å².